The van der Waals surface area contributed by atoms with Gasteiger partial charge >= 0.3 is 0 Å². The van der Waals surface area contributed by atoms with Crippen molar-refractivity contribution in [3.05, 3.63) is 48.1 Å². The lowest BCUT2D eigenvalue weighted by atomic mass is 9.87. The van der Waals surface area contributed by atoms with Crippen molar-refractivity contribution in [2.24, 2.45) is 11.7 Å². The van der Waals surface area contributed by atoms with Gasteiger partial charge in [0.15, 0.2) is 11.4 Å². The van der Waals surface area contributed by atoms with Crippen molar-refractivity contribution in [1.29, 1.82) is 0 Å². The number of anilines is 1. The number of halogens is 2. The molecule has 1 saturated carbocycles. The molecule has 2 aromatic heterocycles. The van der Waals surface area contributed by atoms with Gasteiger partial charge in [-0.3, -0.25) is 9.48 Å². The van der Waals surface area contributed by atoms with Gasteiger partial charge in [0.25, 0.3) is 12.3 Å². The predicted molar refractivity (Wildman–Crippen MR) is 105 cm³/mol. The zero-order valence-electron chi connectivity index (χ0n) is 16.2. The molecule has 0 saturated heterocycles. The van der Waals surface area contributed by atoms with Crippen LogP contribution < -0.4 is 10.6 Å². The number of hydrogen-bond donors (Lipinski definition) is 2. The second kappa shape index (κ2) is 8.39. The van der Waals surface area contributed by atoms with Gasteiger partial charge in [-0.2, -0.15) is 5.10 Å². The monoisotopic (exact) mass is 419 g/mol. The Morgan fingerprint density at radius 2 is 2.10 bits per heavy atom. The molecule has 0 spiro atoms. The van der Waals surface area contributed by atoms with Gasteiger partial charge in [-0.25, -0.2) is 13.8 Å². The minimum atomic E-state index is -2.70. The number of nitrogens with two attached hydrogens (primary N) is 1. The molecule has 3 heterocycles. The van der Waals surface area contributed by atoms with Crippen LogP contribution in [0.3, 0.4) is 0 Å². The maximum Gasteiger partial charge on any atom is 0.284 e. The van der Waals surface area contributed by atoms with E-state index in [2.05, 4.69) is 10.1 Å². The summed E-state index contributed by atoms with van der Waals surface area (Å²) < 4.78 is 34.2. The number of nitrogens with zero attached hydrogens (tertiary/aromatic N) is 4. The highest BCUT2D eigenvalue weighted by molar-refractivity contribution is 5.91. The highest BCUT2D eigenvalue weighted by Crippen LogP contribution is 2.36. The largest absolute Gasteiger partial charge is 0.444 e. The quantitative estimate of drug-likeness (QED) is 0.745. The standard InChI is InChI=1S/C20H23F2N5O3/c21-18(22)17-16(9-27(25-17)14-3-1-12(10-28)2-4-14)26-7-5-13(6-8-26)20-24-15(11-30-20)19(23)29/h5-7,9,11-12,14,18,28H,1-4,8,10H2,(H2,23,29). The molecule has 0 radical (unpaired) electrons. The molecule has 2 aromatic rings. The summed E-state index contributed by atoms with van der Waals surface area (Å²) >= 11 is 0. The number of carbonyl (C=O) groups is 1. The molecule has 0 aromatic carbocycles. The minimum absolute atomic E-state index is 0.0268. The SMILES string of the molecule is NC(=O)c1coc(C2=CCN(c3cn(C4CCC(CO)CC4)nc3C(F)F)C=C2)n1. The number of aromatic nitrogens is 3. The third-order valence-corrected chi connectivity index (χ3v) is 5.65. The van der Waals surface area contributed by atoms with Crippen LogP contribution in [0.2, 0.25) is 0 Å². The first-order chi connectivity index (χ1) is 14.5. The maximum atomic E-state index is 13.7. The van der Waals surface area contributed by atoms with E-state index in [-0.39, 0.29) is 35.8 Å². The number of rotatable bonds is 6. The van der Waals surface area contributed by atoms with Gasteiger partial charge in [-0.05, 0) is 37.7 Å². The van der Waals surface area contributed by atoms with Crippen LogP contribution in [-0.2, 0) is 0 Å². The van der Waals surface area contributed by atoms with Crippen LogP contribution in [0.25, 0.3) is 5.57 Å². The summed E-state index contributed by atoms with van der Waals surface area (Å²) in [5.74, 6) is -0.163. The van der Waals surface area contributed by atoms with Crippen molar-refractivity contribution < 1.29 is 23.1 Å². The number of allylic oxidation sites excluding steroid dienone is 2. The molecule has 30 heavy (non-hydrogen) atoms. The summed E-state index contributed by atoms with van der Waals surface area (Å²) in [4.78, 5) is 16.9. The Bertz CT molecular complexity index is 973. The van der Waals surface area contributed by atoms with E-state index < -0.39 is 12.3 Å². The van der Waals surface area contributed by atoms with Crippen LogP contribution >= 0.6 is 0 Å². The molecule has 0 bridgehead atoms. The number of hydrogen-bond acceptors (Lipinski definition) is 6. The molecule has 0 unspecified atom stereocenters. The van der Waals surface area contributed by atoms with E-state index in [1.807, 2.05) is 0 Å². The van der Waals surface area contributed by atoms with Crippen molar-refractivity contribution in [2.75, 3.05) is 18.1 Å². The van der Waals surface area contributed by atoms with Crippen LogP contribution in [-0.4, -0.2) is 38.9 Å². The molecule has 4 rings (SSSR count). The van der Waals surface area contributed by atoms with E-state index >= 15 is 0 Å². The van der Waals surface area contributed by atoms with E-state index in [0.717, 1.165) is 25.7 Å². The summed E-state index contributed by atoms with van der Waals surface area (Å²) in [5, 5.41) is 13.5. The fourth-order valence-electron chi connectivity index (χ4n) is 3.90. The van der Waals surface area contributed by atoms with E-state index in [4.69, 9.17) is 10.2 Å². The lowest BCUT2D eigenvalue weighted by molar-refractivity contribution is 0.0995. The molecule has 1 amide bonds. The molecular formula is C20H23F2N5O3. The molecular weight excluding hydrogens is 396 g/mol. The Kier molecular flexibility index (Phi) is 5.67. The predicted octanol–water partition coefficient (Wildman–Crippen LogP) is 3.05. The van der Waals surface area contributed by atoms with Crippen molar-refractivity contribution in [3.63, 3.8) is 0 Å². The zero-order valence-corrected chi connectivity index (χ0v) is 16.2. The van der Waals surface area contributed by atoms with Gasteiger partial charge < -0.3 is 20.2 Å². The summed E-state index contributed by atoms with van der Waals surface area (Å²) in [5.41, 5.74) is 5.93. The lowest BCUT2D eigenvalue weighted by Gasteiger charge is -2.27. The Morgan fingerprint density at radius 1 is 1.33 bits per heavy atom. The third kappa shape index (κ3) is 4.00. The Morgan fingerprint density at radius 3 is 2.67 bits per heavy atom. The first kappa shape index (κ1) is 20.3. The number of oxazole rings is 1. The van der Waals surface area contributed by atoms with Gasteiger partial charge in [0.05, 0.1) is 11.7 Å². The second-order valence-corrected chi connectivity index (χ2v) is 7.57. The van der Waals surface area contributed by atoms with E-state index in [0.29, 0.717) is 17.8 Å². The number of alkyl halides is 2. The fourth-order valence-corrected chi connectivity index (χ4v) is 3.90. The average molecular weight is 419 g/mol. The third-order valence-electron chi connectivity index (χ3n) is 5.65. The maximum absolute atomic E-state index is 13.7. The Hall–Kier alpha value is -3.01. The van der Waals surface area contributed by atoms with E-state index in [1.165, 1.54) is 6.26 Å². The summed E-state index contributed by atoms with van der Waals surface area (Å²) in [6, 6.07) is 0.0541. The zero-order chi connectivity index (χ0) is 21.3. The van der Waals surface area contributed by atoms with Crippen LogP contribution in [0, 0.1) is 5.92 Å². The van der Waals surface area contributed by atoms with Crippen LogP contribution in [0.5, 0.6) is 0 Å². The van der Waals surface area contributed by atoms with Gasteiger partial charge in [0, 0.05) is 31.1 Å². The number of amides is 1. The first-order valence-electron chi connectivity index (χ1n) is 9.85. The molecule has 160 valence electrons. The highest BCUT2D eigenvalue weighted by atomic mass is 19.3. The van der Waals surface area contributed by atoms with Gasteiger partial charge in [0.2, 0.25) is 5.89 Å². The van der Waals surface area contributed by atoms with Crippen LogP contribution in [0.15, 0.2) is 35.2 Å². The minimum Gasteiger partial charge on any atom is -0.444 e. The highest BCUT2D eigenvalue weighted by Gasteiger charge is 2.28. The number of aliphatic hydroxyl groups is 1. The molecule has 1 aliphatic heterocycles. The normalized spacial score (nSPS) is 21.9. The van der Waals surface area contributed by atoms with Crippen molar-refractivity contribution >= 4 is 17.2 Å². The first-order valence-corrected chi connectivity index (χ1v) is 9.85. The molecule has 1 fully saturated rings. The Balaban J connectivity index is 1.51. The topological polar surface area (TPSA) is 110 Å². The lowest BCUT2D eigenvalue weighted by Crippen LogP contribution is -2.21. The summed E-state index contributed by atoms with van der Waals surface area (Å²) in [6.07, 6.45) is 8.61. The molecule has 3 N–H and O–H groups in total. The van der Waals surface area contributed by atoms with Gasteiger partial charge in [-0.15, -0.1) is 0 Å². The van der Waals surface area contributed by atoms with Crippen molar-refractivity contribution in [3.8, 4) is 0 Å². The van der Waals surface area contributed by atoms with Crippen molar-refractivity contribution in [1.82, 2.24) is 14.8 Å². The van der Waals surface area contributed by atoms with E-state index in [9.17, 15) is 18.7 Å². The fraction of sp³-hybridized carbons (Fsp3) is 0.450. The molecule has 2 aliphatic rings. The summed E-state index contributed by atoms with van der Waals surface area (Å²) in [6.45, 7) is 0.487. The second-order valence-electron chi connectivity index (χ2n) is 7.57. The molecule has 0 atom stereocenters. The van der Waals surface area contributed by atoms with Gasteiger partial charge in [0.1, 0.15) is 6.26 Å². The molecule has 8 nitrogen and oxygen atoms in total. The summed E-state index contributed by atoms with van der Waals surface area (Å²) in [7, 11) is 0. The average Bonchev–Trinajstić information content (AvgIpc) is 3.42. The number of primary amides is 1. The molecule has 1 aliphatic carbocycles. The Labute approximate surface area is 171 Å². The van der Waals surface area contributed by atoms with Gasteiger partial charge in [-0.1, -0.05) is 6.08 Å². The van der Waals surface area contributed by atoms with Crippen molar-refractivity contribution in [2.45, 2.75) is 38.2 Å². The number of aliphatic hydroxyl groups excluding tert-OH is 1. The molecule has 10 heteroatoms. The smallest absolute Gasteiger partial charge is 0.284 e. The van der Waals surface area contributed by atoms with Crippen LogP contribution in [0.4, 0.5) is 14.5 Å². The number of carbonyl (C=O) groups excluding carboxylic acids is 1. The van der Waals surface area contributed by atoms with Crippen LogP contribution in [0.1, 0.15) is 60.2 Å². The van der Waals surface area contributed by atoms with E-state index in [1.54, 1.807) is 34.1 Å².